The van der Waals surface area contributed by atoms with Gasteiger partial charge in [-0.05, 0) is 12.5 Å². The van der Waals surface area contributed by atoms with E-state index in [1.54, 1.807) is 30.4 Å². The van der Waals surface area contributed by atoms with Crippen molar-refractivity contribution in [2.45, 2.75) is 13.3 Å². The predicted octanol–water partition coefficient (Wildman–Crippen LogP) is 0.369. The minimum absolute atomic E-state index is 0.00173. The first-order valence-electron chi connectivity index (χ1n) is 6.47. The van der Waals surface area contributed by atoms with Crippen LogP contribution in [0.3, 0.4) is 0 Å². The Kier molecular flexibility index (Phi) is 4.65. The topological polar surface area (TPSA) is 84.4 Å². The van der Waals surface area contributed by atoms with Gasteiger partial charge in [-0.25, -0.2) is 9.97 Å². The van der Waals surface area contributed by atoms with Crippen LogP contribution < -0.4 is 5.32 Å². The number of nitrogens with zero attached hydrogens (tertiary/aromatic N) is 3. The minimum Gasteiger partial charge on any atom is -0.465 e. The van der Waals surface area contributed by atoms with Crippen molar-refractivity contribution in [1.82, 2.24) is 20.2 Å². The Morgan fingerprint density at radius 1 is 1.43 bits per heavy atom. The lowest BCUT2D eigenvalue weighted by Crippen LogP contribution is -2.41. The van der Waals surface area contributed by atoms with Crippen LogP contribution in [0.15, 0.2) is 42.9 Å². The van der Waals surface area contributed by atoms with E-state index in [1.165, 1.54) is 6.33 Å². The third-order valence-electron chi connectivity index (χ3n) is 2.82. The Hall–Kier alpha value is -2.70. The Morgan fingerprint density at radius 3 is 2.81 bits per heavy atom. The number of amides is 1. The average molecular weight is 288 g/mol. The lowest BCUT2D eigenvalue weighted by atomic mass is 10.1. The van der Waals surface area contributed by atoms with Gasteiger partial charge in [-0.2, -0.15) is 0 Å². The molecule has 1 N–H and O–H groups in total. The zero-order valence-electron chi connectivity index (χ0n) is 11.7. The standard InChI is InChI=1S/C14H16N4O3/c1-3-21-13(19)8-18-7-12(14(20)17-10(18)2)4-11-5-15-9-16-6-11/h5-7,9H,2-4,8H2,1H3,(H,17,20). The molecule has 1 aromatic heterocycles. The number of nitrogens with one attached hydrogen (secondary N) is 1. The molecule has 0 atom stereocenters. The summed E-state index contributed by atoms with van der Waals surface area (Å²) < 4.78 is 4.89. The molecule has 0 saturated carbocycles. The Bertz CT molecular complexity index is 583. The number of aromatic nitrogens is 2. The van der Waals surface area contributed by atoms with Gasteiger partial charge in [0.25, 0.3) is 5.91 Å². The van der Waals surface area contributed by atoms with Crippen molar-refractivity contribution >= 4 is 11.9 Å². The monoisotopic (exact) mass is 288 g/mol. The molecule has 1 aromatic rings. The molecule has 0 aromatic carbocycles. The van der Waals surface area contributed by atoms with Crippen molar-refractivity contribution < 1.29 is 14.3 Å². The molecule has 7 heteroatoms. The predicted molar refractivity (Wildman–Crippen MR) is 74.4 cm³/mol. The normalized spacial score (nSPS) is 14.5. The summed E-state index contributed by atoms with van der Waals surface area (Å²) in [5, 5.41) is 2.62. The van der Waals surface area contributed by atoms with Crippen LogP contribution in [0.1, 0.15) is 12.5 Å². The highest BCUT2D eigenvalue weighted by molar-refractivity contribution is 5.96. The van der Waals surface area contributed by atoms with E-state index in [2.05, 4.69) is 21.9 Å². The molecule has 0 radical (unpaired) electrons. The molecule has 0 saturated heterocycles. The van der Waals surface area contributed by atoms with Gasteiger partial charge in [-0.1, -0.05) is 6.58 Å². The summed E-state index contributed by atoms with van der Waals surface area (Å²) in [6, 6.07) is 0. The molecule has 1 aliphatic heterocycles. The van der Waals surface area contributed by atoms with Crippen LogP contribution in [-0.2, 0) is 20.7 Å². The van der Waals surface area contributed by atoms with Crippen LogP contribution in [0.4, 0.5) is 0 Å². The van der Waals surface area contributed by atoms with Gasteiger partial charge in [0.1, 0.15) is 18.7 Å². The average Bonchev–Trinajstić information content (AvgIpc) is 2.45. The molecular formula is C14H16N4O3. The first-order valence-corrected chi connectivity index (χ1v) is 6.47. The maximum Gasteiger partial charge on any atom is 0.325 e. The van der Waals surface area contributed by atoms with Crippen molar-refractivity contribution in [3.8, 4) is 0 Å². The molecule has 0 fully saturated rings. The third kappa shape index (κ3) is 3.88. The molecule has 0 unspecified atom stereocenters. The number of rotatable bonds is 5. The van der Waals surface area contributed by atoms with Gasteiger partial charge >= 0.3 is 5.97 Å². The number of hydrogen-bond acceptors (Lipinski definition) is 6. The van der Waals surface area contributed by atoms with Gasteiger partial charge in [-0.15, -0.1) is 0 Å². The van der Waals surface area contributed by atoms with E-state index in [4.69, 9.17) is 4.74 Å². The lowest BCUT2D eigenvalue weighted by Gasteiger charge is -2.28. The molecule has 21 heavy (non-hydrogen) atoms. The van der Waals surface area contributed by atoms with E-state index in [0.717, 1.165) is 5.56 Å². The highest BCUT2D eigenvalue weighted by Gasteiger charge is 2.23. The molecule has 0 spiro atoms. The van der Waals surface area contributed by atoms with E-state index in [1.807, 2.05) is 0 Å². The van der Waals surface area contributed by atoms with Gasteiger partial charge in [0.05, 0.1) is 6.61 Å². The van der Waals surface area contributed by atoms with E-state index < -0.39 is 0 Å². The van der Waals surface area contributed by atoms with Gasteiger partial charge in [-0.3, -0.25) is 9.59 Å². The zero-order valence-corrected chi connectivity index (χ0v) is 11.7. The fourth-order valence-corrected chi connectivity index (χ4v) is 1.86. The molecule has 7 nitrogen and oxygen atoms in total. The molecular weight excluding hydrogens is 272 g/mol. The molecule has 1 amide bonds. The quantitative estimate of drug-likeness (QED) is 0.788. The summed E-state index contributed by atoms with van der Waals surface area (Å²) in [6.45, 7) is 5.77. The van der Waals surface area contributed by atoms with Crippen LogP contribution >= 0.6 is 0 Å². The SMILES string of the molecule is C=C1NC(=O)C(Cc2cncnc2)=CN1CC(=O)OCC. The van der Waals surface area contributed by atoms with Crippen molar-refractivity contribution in [3.63, 3.8) is 0 Å². The second-order valence-corrected chi connectivity index (χ2v) is 4.41. The largest absolute Gasteiger partial charge is 0.465 e. The summed E-state index contributed by atoms with van der Waals surface area (Å²) in [5.41, 5.74) is 1.31. The Labute approximate surface area is 122 Å². The van der Waals surface area contributed by atoms with Crippen molar-refractivity contribution in [2.75, 3.05) is 13.2 Å². The zero-order chi connectivity index (χ0) is 15.2. The number of carbonyl (C=O) groups excluding carboxylic acids is 2. The van der Waals surface area contributed by atoms with Crippen LogP contribution in [0, 0.1) is 0 Å². The Morgan fingerprint density at radius 2 is 2.14 bits per heavy atom. The van der Waals surface area contributed by atoms with Crippen LogP contribution in [0.5, 0.6) is 0 Å². The first-order chi connectivity index (χ1) is 10.1. The van der Waals surface area contributed by atoms with Gasteiger partial charge < -0.3 is 15.0 Å². The summed E-state index contributed by atoms with van der Waals surface area (Å²) in [7, 11) is 0. The second kappa shape index (κ2) is 6.65. The third-order valence-corrected chi connectivity index (χ3v) is 2.82. The lowest BCUT2D eigenvalue weighted by molar-refractivity contribution is -0.143. The van der Waals surface area contributed by atoms with E-state index in [9.17, 15) is 9.59 Å². The van der Waals surface area contributed by atoms with Crippen LogP contribution in [0.2, 0.25) is 0 Å². The van der Waals surface area contributed by atoms with Crippen LogP contribution in [-0.4, -0.2) is 39.9 Å². The number of ether oxygens (including phenoxy) is 1. The minimum atomic E-state index is -0.381. The molecule has 2 heterocycles. The molecule has 0 bridgehead atoms. The fourth-order valence-electron chi connectivity index (χ4n) is 1.86. The summed E-state index contributed by atoms with van der Waals surface area (Å²) in [6.07, 6.45) is 6.68. The highest BCUT2D eigenvalue weighted by Crippen LogP contribution is 2.15. The number of esters is 1. The fraction of sp³-hybridized carbons (Fsp3) is 0.286. The van der Waals surface area contributed by atoms with Crippen molar-refractivity contribution in [3.05, 3.63) is 48.5 Å². The molecule has 2 rings (SSSR count). The highest BCUT2D eigenvalue weighted by atomic mass is 16.5. The first kappa shape index (κ1) is 14.7. The maximum absolute atomic E-state index is 11.9. The van der Waals surface area contributed by atoms with Gasteiger partial charge in [0.15, 0.2) is 0 Å². The maximum atomic E-state index is 11.9. The summed E-state index contributed by atoms with van der Waals surface area (Å²) in [5.74, 6) is -0.279. The smallest absolute Gasteiger partial charge is 0.325 e. The summed E-state index contributed by atoms with van der Waals surface area (Å²) >= 11 is 0. The molecule has 1 aliphatic rings. The van der Waals surface area contributed by atoms with Crippen molar-refractivity contribution in [1.29, 1.82) is 0 Å². The second-order valence-electron chi connectivity index (χ2n) is 4.41. The van der Waals surface area contributed by atoms with E-state index in [-0.39, 0.29) is 18.4 Å². The van der Waals surface area contributed by atoms with Crippen molar-refractivity contribution in [2.24, 2.45) is 0 Å². The number of carbonyl (C=O) groups is 2. The van der Waals surface area contributed by atoms with Gasteiger partial charge in [0, 0.05) is 30.6 Å². The Balaban J connectivity index is 2.13. The summed E-state index contributed by atoms with van der Waals surface area (Å²) in [4.78, 5) is 32.8. The number of hydrogen-bond donors (Lipinski definition) is 1. The van der Waals surface area contributed by atoms with Gasteiger partial charge in [0.2, 0.25) is 0 Å². The van der Waals surface area contributed by atoms with Crippen LogP contribution in [0.25, 0.3) is 0 Å². The molecule has 0 aliphatic carbocycles. The molecule has 110 valence electrons. The van der Waals surface area contributed by atoms with E-state index in [0.29, 0.717) is 24.4 Å². The van der Waals surface area contributed by atoms with E-state index >= 15 is 0 Å².